The average Bonchev–Trinajstić information content (AvgIpc) is 3.57. The highest BCUT2D eigenvalue weighted by Crippen LogP contribution is 2.52. The van der Waals surface area contributed by atoms with E-state index >= 15 is 0 Å². The van der Waals surface area contributed by atoms with Gasteiger partial charge in [0.1, 0.15) is 16.3 Å². The second kappa shape index (κ2) is 19.0. The van der Waals surface area contributed by atoms with Crippen LogP contribution in [0.25, 0.3) is 21.5 Å². The Labute approximate surface area is 398 Å². The Balaban J connectivity index is 1.49. The first-order valence-electron chi connectivity index (χ1n) is 21.1. The molecule has 2 aliphatic rings. The maximum Gasteiger partial charge on any atom is 0.303 e. The van der Waals surface area contributed by atoms with Gasteiger partial charge in [0.15, 0.2) is 5.71 Å². The molecule has 2 heterocycles. The molecular formula is C45H50ClN2O16S4+. The highest BCUT2D eigenvalue weighted by atomic mass is 35.5. The molecule has 366 valence electrons. The summed E-state index contributed by atoms with van der Waals surface area (Å²) in [6.07, 6.45) is 9.34. The van der Waals surface area contributed by atoms with E-state index in [4.69, 9.17) is 11.6 Å². The Morgan fingerprint density at radius 1 is 0.632 bits per heavy atom. The van der Waals surface area contributed by atoms with Crippen molar-refractivity contribution in [1.29, 1.82) is 0 Å². The third-order valence-corrected chi connectivity index (χ3v) is 16.0. The van der Waals surface area contributed by atoms with Gasteiger partial charge in [-0.3, -0.25) is 27.8 Å². The first-order valence-corrected chi connectivity index (χ1v) is 27.2. The summed E-state index contributed by atoms with van der Waals surface area (Å²) in [5.74, 6) is -1.90. The van der Waals surface area contributed by atoms with Crippen molar-refractivity contribution in [1.82, 2.24) is 0 Å². The van der Waals surface area contributed by atoms with E-state index < -0.39 is 82.8 Å². The normalized spacial score (nSPS) is 16.9. The standard InChI is InChI=1S/C45H49ClN2O16S4/c1-44(2)38(47(21-9-5-7-11-40(49)50)34-17-15-30-32(42(34)44)23-28(65(53,54)55)25-36(30)67(59,60)61)19-13-27(46)14-20-39-45(3,4)43-33-24-29(66(56,57)58)26-37(68(62,63)64)31(33)16-18-35(43)48(39)22-10-6-8-12-41(51)52/h13-20,23-26H,5-12,21-22H2,1-4H3,(H5-,49,50,51,52,53,54,55,56,57,58,59,60,61,62,63,64)/p+1. The van der Waals surface area contributed by atoms with Crippen molar-refractivity contribution >= 4 is 103 Å². The Bertz CT molecular complexity index is 3380. The summed E-state index contributed by atoms with van der Waals surface area (Å²) in [4.78, 5) is 21.4. The molecule has 18 nitrogen and oxygen atoms in total. The number of carboxylic acids is 2. The van der Waals surface area contributed by atoms with Crippen LogP contribution in [0.15, 0.2) is 103 Å². The van der Waals surface area contributed by atoms with E-state index in [0.717, 1.165) is 12.1 Å². The minimum Gasteiger partial charge on any atom is -0.481 e. The molecule has 68 heavy (non-hydrogen) atoms. The Kier molecular flexibility index (Phi) is 14.7. The van der Waals surface area contributed by atoms with E-state index in [1.165, 1.54) is 12.1 Å². The summed E-state index contributed by atoms with van der Waals surface area (Å²) in [6, 6.07) is 9.69. The van der Waals surface area contributed by atoms with E-state index in [-0.39, 0.29) is 39.4 Å². The van der Waals surface area contributed by atoms with Crippen molar-refractivity contribution in [3.63, 3.8) is 0 Å². The molecule has 0 spiro atoms. The third-order valence-electron chi connectivity index (χ3n) is 12.3. The van der Waals surface area contributed by atoms with Crippen molar-refractivity contribution in [2.24, 2.45) is 0 Å². The van der Waals surface area contributed by atoms with Gasteiger partial charge in [0.05, 0.1) is 15.2 Å². The largest absolute Gasteiger partial charge is 0.481 e. The minimum atomic E-state index is -5.01. The molecule has 4 aromatic rings. The van der Waals surface area contributed by atoms with Crippen LogP contribution in [0.2, 0.25) is 0 Å². The lowest BCUT2D eigenvalue weighted by atomic mass is 9.79. The topological polar surface area (TPSA) is 298 Å². The molecule has 23 heteroatoms. The van der Waals surface area contributed by atoms with Gasteiger partial charge in [-0.25, -0.2) is 0 Å². The van der Waals surface area contributed by atoms with Crippen molar-refractivity contribution in [2.45, 2.75) is 109 Å². The van der Waals surface area contributed by atoms with Crippen molar-refractivity contribution in [3.05, 3.63) is 94.7 Å². The fraction of sp³-hybridized carbons (Fsp3) is 0.356. The summed E-state index contributed by atoms with van der Waals surface area (Å²) in [6.45, 7) is 7.88. The van der Waals surface area contributed by atoms with Gasteiger partial charge in [-0.2, -0.15) is 38.2 Å². The molecule has 0 fully saturated rings. The van der Waals surface area contributed by atoms with Crippen molar-refractivity contribution in [3.8, 4) is 0 Å². The van der Waals surface area contributed by atoms with Crippen LogP contribution < -0.4 is 4.90 Å². The molecular weight excluding hydrogens is 988 g/mol. The lowest BCUT2D eigenvalue weighted by molar-refractivity contribution is -0.438. The predicted octanol–water partition coefficient (Wildman–Crippen LogP) is 8.01. The molecule has 2 aliphatic heterocycles. The van der Waals surface area contributed by atoms with Crippen LogP contribution in [0.3, 0.4) is 0 Å². The number of hydrogen-bond acceptors (Lipinski definition) is 11. The predicted molar refractivity (Wildman–Crippen MR) is 254 cm³/mol. The van der Waals surface area contributed by atoms with E-state index in [9.17, 15) is 71.7 Å². The van der Waals surface area contributed by atoms with Crippen LogP contribution in [0.4, 0.5) is 11.4 Å². The Hall–Kier alpha value is -5.04. The van der Waals surface area contributed by atoms with Gasteiger partial charge in [-0.1, -0.05) is 37.9 Å². The van der Waals surface area contributed by atoms with Gasteiger partial charge in [0, 0.05) is 76.1 Å². The Morgan fingerprint density at radius 3 is 1.63 bits per heavy atom. The van der Waals surface area contributed by atoms with E-state index in [1.54, 1.807) is 64.1 Å². The number of aliphatic carboxylic acids is 2. The molecule has 0 amide bonds. The number of rotatable bonds is 19. The molecule has 6 rings (SSSR count). The fourth-order valence-electron chi connectivity index (χ4n) is 9.30. The van der Waals surface area contributed by atoms with E-state index in [0.29, 0.717) is 97.7 Å². The molecule has 6 N–H and O–H groups in total. The van der Waals surface area contributed by atoms with E-state index in [2.05, 4.69) is 0 Å². The molecule has 0 atom stereocenters. The SMILES string of the molecule is CC1(C)C(/C=C/C(Cl)=C/C=C2/N(CCCCCC(=O)O)c3ccc4c(S(=O)(=O)O)cc(S(=O)(=O)O)cc4c3C2(C)C)=[N+](CCCCCC(=O)O)c2ccc3c(S(=O)(=O)O)cc(S(=O)(=O)O)cc3c21. The number of anilines is 1. The average molecular weight is 1040 g/mol. The quantitative estimate of drug-likeness (QED) is 0.0224. The highest BCUT2D eigenvalue weighted by molar-refractivity contribution is 7.87. The van der Waals surface area contributed by atoms with Crippen LogP contribution >= 0.6 is 11.6 Å². The Morgan fingerprint density at radius 2 is 1.13 bits per heavy atom. The number of carboxylic acid groups (broad SMARTS) is 2. The number of benzene rings is 4. The number of unbranched alkanes of at least 4 members (excludes halogenated alkanes) is 4. The first kappa shape index (κ1) is 52.3. The summed E-state index contributed by atoms with van der Waals surface area (Å²) in [5.41, 5.74) is 1.15. The second-order valence-corrected chi connectivity index (χ2v) is 23.7. The molecule has 0 saturated heterocycles. The summed E-state index contributed by atoms with van der Waals surface area (Å²) in [5, 5.41) is 18.8. The fourth-order valence-corrected chi connectivity index (χ4v) is 12.1. The maximum atomic E-state index is 12.6. The molecule has 4 aromatic carbocycles. The number of halogens is 1. The van der Waals surface area contributed by atoms with Crippen LogP contribution in [-0.4, -0.2) is 97.4 Å². The number of hydrogen-bond donors (Lipinski definition) is 6. The number of fused-ring (bicyclic) bond motifs is 6. The van der Waals surface area contributed by atoms with Crippen LogP contribution in [0, 0.1) is 0 Å². The minimum absolute atomic E-state index is 0.00859. The summed E-state index contributed by atoms with van der Waals surface area (Å²) < 4.78 is 142. The van der Waals surface area contributed by atoms with Crippen LogP contribution in [0.5, 0.6) is 0 Å². The van der Waals surface area contributed by atoms with Crippen molar-refractivity contribution < 1.29 is 76.3 Å². The van der Waals surface area contributed by atoms with Gasteiger partial charge in [-0.05, 0) is 110 Å². The summed E-state index contributed by atoms with van der Waals surface area (Å²) >= 11 is 6.96. The first-order chi connectivity index (χ1) is 31.4. The zero-order chi connectivity index (χ0) is 50.5. The third kappa shape index (κ3) is 10.7. The smallest absolute Gasteiger partial charge is 0.303 e. The monoisotopic (exact) mass is 1040 g/mol. The second-order valence-electron chi connectivity index (χ2n) is 17.6. The molecule has 0 saturated carbocycles. The molecule has 0 bridgehead atoms. The van der Waals surface area contributed by atoms with E-state index in [1.807, 2.05) is 9.48 Å². The number of carbonyl (C=O) groups is 2. The molecule has 0 aromatic heterocycles. The zero-order valence-electron chi connectivity index (χ0n) is 37.2. The molecule has 0 aliphatic carbocycles. The highest BCUT2D eigenvalue weighted by Gasteiger charge is 2.46. The van der Waals surface area contributed by atoms with Crippen molar-refractivity contribution in [2.75, 3.05) is 18.0 Å². The summed E-state index contributed by atoms with van der Waals surface area (Å²) in [7, 11) is -20.0. The van der Waals surface area contributed by atoms with Gasteiger partial charge in [-0.15, -0.1) is 0 Å². The van der Waals surface area contributed by atoms with Crippen LogP contribution in [-0.2, 0) is 60.9 Å². The number of nitrogens with zero attached hydrogens (tertiary/aromatic N) is 2. The zero-order valence-corrected chi connectivity index (χ0v) is 41.2. The lowest BCUT2D eigenvalue weighted by Gasteiger charge is -2.27. The van der Waals surface area contributed by atoms with Crippen LogP contribution in [0.1, 0.15) is 90.2 Å². The molecule has 0 unspecified atom stereocenters. The van der Waals surface area contributed by atoms with Gasteiger partial charge >= 0.3 is 11.9 Å². The maximum absolute atomic E-state index is 12.6. The van der Waals surface area contributed by atoms with Gasteiger partial charge in [0.25, 0.3) is 40.5 Å². The van der Waals surface area contributed by atoms with Gasteiger partial charge < -0.3 is 15.1 Å². The molecule has 0 radical (unpaired) electrons. The van der Waals surface area contributed by atoms with Gasteiger partial charge in [0.2, 0.25) is 5.69 Å². The number of allylic oxidation sites excluding steroid dienone is 6. The lowest BCUT2D eigenvalue weighted by Crippen LogP contribution is -2.28.